The molecular formula is C18H20N4OS2. The molecule has 1 N–H and O–H groups in total. The van der Waals surface area contributed by atoms with Gasteiger partial charge in [0.15, 0.2) is 3.95 Å². The van der Waals surface area contributed by atoms with E-state index in [9.17, 15) is 0 Å². The van der Waals surface area contributed by atoms with Crippen LogP contribution in [0.15, 0.2) is 54.6 Å². The Labute approximate surface area is 156 Å². The zero-order valence-corrected chi connectivity index (χ0v) is 15.8. The summed E-state index contributed by atoms with van der Waals surface area (Å²) in [5, 5.41) is 8.64. The summed E-state index contributed by atoms with van der Waals surface area (Å²) in [5.74, 6) is 0.825. The fourth-order valence-electron chi connectivity index (χ4n) is 2.42. The zero-order valence-electron chi connectivity index (χ0n) is 14.2. The van der Waals surface area contributed by atoms with Gasteiger partial charge in [-0.15, -0.1) is 5.10 Å². The molecule has 0 aliphatic heterocycles. The monoisotopic (exact) mass is 372 g/mol. The number of aromatic nitrogens is 2. The van der Waals surface area contributed by atoms with Crippen molar-refractivity contribution in [2.24, 2.45) is 0 Å². The average molecular weight is 373 g/mol. The Balaban J connectivity index is 1.64. The second-order valence-corrected chi connectivity index (χ2v) is 7.29. The third-order valence-corrected chi connectivity index (χ3v) is 4.84. The number of anilines is 2. The zero-order chi connectivity index (χ0) is 17.6. The van der Waals surface area contributed by atoms with E-state index in [1.54, 1.807) is 7.11 Å². The maximum Gasteiger partial charge on any atom is 0.209 e. The van der Waals surface area contributed by atoms with Gasteiger partial charge < -0.3 is 10.1 Å². The summed E-state index contributed by atoms with van der Waals surface area (Å²) in [4.78, 5) is 2.18. The van der Waals surface area contributed by atoms with Gasteiger partial charge in [-0.1, -0.05) is 41.7 Å². The molecule has 2 aromatic carbocycles. The SMILES string of the molecule is COc1ccc(Nc2nn(CN(C)Cc3ccccc3)c(=S)s2)cc1. The maximum atomic E-state index is 5.44. The standard InChI is InChI=1S/C18H20N4OS2/c1-21(12-14-6-4-3-5-7-14)13-22-18(24)25-17(20-22)19-15-8-10-16(23-2)11-9-15/h3-11H,12-13H2,1-2H3,(H,19,20). The number of nitrogens with zero attached hydrogens (tertiary/aromatic N) is 3. The Morgan fingerprint density at radius 1 is 1.16 bits per heavy atom. The van der Waals surface area contributed by atoms with Crippen LogP contribution in [-0.4, -0.2) is 28.8 Å². The molecule has 3 rings (SSSR count). The minimum absolute atomic E-state index is 0.647. The number of benzene rings is 2. The van der Waals surface area contributed by atoms with Crippen LogP contribution in [0.25, 0.3) is 0 Å². The molecule has 0 unspecified atom stereocenters. The van der Waals surface area contributed by atoms with Gasteiger partial charge in [0.05, 0.1) is 13.8 Å². The minimum Gasteiger partial charge on any atom is -0.497 e. The van der Waals surface area contributed by atoms with E-state index in [2.05, 4.69) is 46.6 Å². The molecule has 1 aromatic heterocycles. The fraction of sp³-hybridized carbons (Fsp3) is 0.222. The predicted molar refractivity (Wildman–Crippen MR) is 105 cm³/mol. The summed E-state index contributed by atoms with van der Waals surface area (Å²) in [6, 6.07) is 18.1. The first-order chi connectivity index (χ1) is 12.1. The lowest BCUT2D eigenvalue weighted by Gasteiger charge is -2.16. The Morgan fingerprint density at radius 2 is 1.88 bits per heavy atom. The Bertz CT molecular complexity index is 859. The van der Waals surface area contributed by atoms with E-state index in [0.29, 0.717) is 6.67 Å². The lowest BCUT2D eigenvalue weighted by Crippen LogP contribution is -2.22. The van der Waals surface area contributed by atoms with Gasteiger partial charge in [0.25, 0.3) is 0 Å². The Morgan fingerprint density at radius 3 is 2.56 bits per heavy atom. The van der Waals surface area contributed by atoms with Gasteiger partial charge in [0.2, 0.25) is 5.13 Å². The van der Waals surface area contributed by atoms with Crippen molar-refractivity contribution in [2.75, 3.05) is 19.5 Å². The highest BCUT2D eigenvalue weighted by molar-refractivity contribution is 7.73. The van der Waals surface area contributed by atoms with E-state index in [-0.39, 0.29) is 0 Å². The van der Waals surface area contributed by atoms with Crippen molar-refractivity contribution in [3.63, 3.8) is 0 Å². The Hall–Kier alpha value is -2.22. The first-order valence-corrected chi connectivity index (χ1v) is 9.08. The largest absolute Gasteiger partial charge is 0.497 e. The third kappa shape index (κ3) is 4.88. The molecule has 0 saturated heterocycles. The van der Waals surface area contributed by atoms with Crippen LogP contribution in [0, 0.1) is 3.95 Å². The van der Waals surface area contributed by atoms with E-state index < -0.39 is 0 Å². The molecule has 0 amide bonds. The molecule has 0 radical (unpaired) electrons. The second kappa shape index (κ2) is 8.24. The topological polar surface area (TPSA) is 42.3 Å². The minimum atomic E-state index is 0.647. The normalized spacial score (nSPS) is 10.8. The molecule has 0 aliphatic carbocycles. The van der Waals surface area contributed by atoms with Gasteiger partial charge in [-0.05, 0) is 49.1 Å². The predicted octanol–water partition coefficient (Wildman–Crippen LogP) is 4.52. The van der Waals surface area contributed by atoms with E-state index in [1.165, 1.54) is 16.9 Å². The first-order valence-electron chi connectivity index (χ1n) is 7.85. The van der Waals surface area contributed by atoms with Crippen molar-refractivity contribution < 1.29 is 4.74 Å². The van der Waals surface area contributed by atoms with Crippen LogP contribution in [0.4, 0.5) is 10.8 Å². The lowest BCUT2D eigenvalue weighted by atomic mass is 10.2. The molecule has 1 heterocycles. The van der Waals surface area contributed by atoms with Crippen molar-refractivity contribution in [1.29, 1.82) is 0 Å². The van der Waals surface area contributed by atoms with Gasteiger partial charge in [-0.25, -0.2) is 4.68 Å². The smallest absolute Gasteiger partial charge is 0.209 e. The summed E-state index contributed by atoms with van der Waals surface area (Å²) in [6.45, 7) is 1.50. The number of nitrogens with one attached hydrogen (secondary N) is 1. The molecule has 0 spiro atoms. The van der Waals surface area contributed by atoms with Gasteiger partial charge in [-0.2, -0.15) is 0 Å². The molecule has 0 aliphatic rings. The molecule has 7 heteroatoms. The Kier molecular flexibility index (Phi) is 5.80. The molecule has 0 saturated carbocycles. The number of hydrogen-bond acceptors (Lipinski definition) is 6. The summed E-state index contributed by atoms with van der Waals surface area (Å²) < 4.78 is 7.76. The van der Waals surface area contributed by atoms with Crippen LogP contribution >= 0.6 is 23.6 Å². The lowest BCUT2D eigenvalue weighted by molar-refractivity contribution is 0.245. The number of methoxy groups -OCH3 is 1. The fourth-order valence-corrected chi connectivity index (χ4v) is 3.43. The molecule has 25 heavy (non-hydrogen) atoms. The van der Waals surface area contributed by atoms with Gasteiger partial charge in [0.1, 0.15) is 5.75 Å². The highest BCUT2D eigenvalue weighted by Gasteiger charge is 2.07. The van der Waals surface area contributed by atoms with Crippen molar-refractivity contribution >= 4 is 34.4 Å². The number of hydrogen-bond donors (Lipinski definition) is 1. The van der Waals surface area contributed by atoms with Crippen LogP contribution in [0.2, 0.25) is 0 Å². The first kappa shape index (κ1) is 17.6. The van der Waals surface area contributed by atoms with E-state index in [1.807, 2.05) is 35.0 Å². The second-order valence-electron chi connectivity index (χ2n) is 5.67. The summed E-state index contributed by atoms with van der Waals surface area (Å²) in [6.07, 6.45) is 0. The highest BCUT2D eigenvalue weighted by atomic mass is 32.1. The quantitative estimate of drug-likeness (QED) is 0.618. The summed E-state index contributed by atoms with van der Waals surface area (Å²) in [7, 11) is 3.71. The van der Waals surface area contributed by atoms with Crippen molar-refractivity contribution in [3.8, 4) is 5.75 Å². The molecule has 5 nitrogen and oxygen atoms in total. The van der Waals surface area contributed by atoms with E-state index in [0.717, 1.165) is 27.1 Å². The maximum absolute atomic E-state index is 5.44. The highest BCUT2D eigenvalue weighted by Crippen LogP contribution is 2.22. The van der Waals surface area contributed by atoms with Crippen LogP contribution in [0.5, 0.6) is 5.75 Å². The van der Waals surface area contributed by atoms with Crippen LogP contribution in [-0.2, 0) is 13.2 Å². The molecule has 130 valence electrons. The van der Waals surface area contributed by atoms with Crippen LogP contribution < -0.4 is 10.1 Å². The van der Waals surface area contributed by atoms with Crippen LogP contribution in [0.1, 0.15) is 5.56 Å². The van der Waals surface area contributed by atoms with E-state index in [4.69, 9.17) is 17.0 Å². The van der Waals surface area contributed by atoms with Gasteiger partial charge >= 0.3 is 0 Å². The summed E-state index contributed by atoms with van der Waals surface area (Å²) >= 11 is 6.91. The number of ether oxygens (including phenoxy) is 1. The van der Waals surface area contributed by atoms with Crippen molar-refractivity contribution in [2.45, 2.75) is 13.2 Å². The number of rotatable bonds is 7. The average Bonchev–Trinajstić information content (AvgIpc) is 2.95. The van der Waals surface area contributed by atoms with Crippen molar-refractivity contribution in [3.05, 3.63) is 64.1 Å². The molecule has 3 aromatic rings. The van der Waals surface area contributed by atoms with Crippen molar-refractivity contribution in [1.82, 2.24) is 14.7 Å². The van der Waals surface area contributed by atoms with Gasteiger partial charge in [-0.3, -0.25) is 4.90 Å². The van der Waals surface area contributed by atoms with Crippen LogP contribution in [0.3, 0.4) is 0 Å². The molecular weight excluding hydrogens is 352 g/mol. The molecule has 0 atom stereocenters. The molecule has 0 bridgehead atoms. The third-order valence-electron chi connectivity index (χ3n) is 3.62. The molecule has 0 fully saturated rings. The summed E-state index contributed by atoms with van der Waals surface area (Å²) in [5.41, 5.74) is 2.22. The van der Waals surface area contributed by atoms with Gasteiger partial charge in [0, 0.05) is 12.2 Å². The van der Waals surface area contributed by atoms with E-state index >= 15 is 0 Å².